The van der Waals surface area contributed by atoms with Gasteiger partial charge in [0.25, 0.3) is 0 Å². The third-order valence-electron chi connectivity index (χ3n) is 3.91. The van der Waals surface area contributed by atoms with E-state index in [1.165, 1.54) is 0 Å². The van der Waals surface area contributed by atoms with Gasteiger partial charge in [-0.1, -0.05) is 12.1 Å². The maximum Gasteiger partial charge on any atom is 0.198 e. The molecule has 1 aromatic carbocycles. The molecule has 7 nitrogen and oxygen atoms in total. The van der Waals surface area contributed by atoms with E-state index in [-0.39, 0.29) is 5.56 Å². The summed E-state index contributed by atoms with van der Waals surface area (Å²) in [5.41, 5.74) is 0.0163. The fourth-order valence-corrected chi connectivity index (χ4v) is 2.65. The van der Waals surface area contributed by atoms with Crippen molar-refractivity contribution in [1.29, 1.82) is 0 Å². The number of rotatable bonds is 2. The van der Waals surface area contributed by atoms with Gasteiger partial charge in [-0.05, 0) is 12.1 Å². The van der Waals surface area contributed by atoms with E-state index in [4.69, 9.17) is 9.15 Å². The van der Waals surface area contributed by atoms with Gasteiger partial charge in [-0.2, -0.15) is 0 Å². The van der Waals surface area contributed by atoms with E-state index in [0.717, 1.165) is 6.26 Å². The van der Waals surface area contributed by atoms with E-state index in [2.05, 4.69) is 0 Å². The van der Waals surface area contributed by atoms with Crippen LogP contribution in [0.4, 0.5) is 0 Å². The Morgan fingerprint density at radius 3 is 2.50 bits per heavy atom. The van der Waals surface area contributed by atoms with Gasteiger partial charge in [0.15, 0.2) is 5.43 Å². The molecule has 2 aromatic rings. The second-order valence-electron chi connectivity index (χ2n) is 5.27. The third-order valence-corrected chi connectivity index (χ3v) is 3.91. The van der Waals surface area contributed by atoms with Crippen molar-refractivity contribution in [2.45, 2.75) is 30.5 Å². The maximum atomic E-state index is 12.5. The van der Waals surface area contributed by atoms with Crippen molar-refractivity contribution in [2.75, 3.05) is 6.61 Å². The van der Waals surface area contributed by atoms with Crippen LogP contribution in [0.5, 0.6) is 0 Å². The van der Waals surface area contributed by atoms with Gasteiger partial charge in [0, 0.05) is 0 Å². The molecule has 1 aliphatic rings. The summed E-state index contributed by atoms with van der Waals surface area (Å²) in [6, 6.07) is 6.61. The summed E-state index contributed by atoms with van der Waals surface area (Å²) in [5, 5.41) is 39.2. The number of ether oxygens (including phenoxy) is 1. The molecule has 1 saturated heterocycles. The fraction of sp³-hybridized carbons (Fsp3) is 0.400. The number of fused-ring (bicyclic) bond motifs is 1. The number of hydrogen-bond donors (Lipinski definition) is 4. The maximum absolute atomic E-state index is 12.5. The smallest absolute Gasteiger partial charge is 0.198 e. The molecule has 1 fully saturated rings. The fourth-order valence-electron chi connectivity index (χ4n) is 2.65. The number of aliphatic hydroxyl groups excluding tert-OH is 4. The summed E-state index contributed by atoms with van der Waals surface area (Å²) in [7, 11) is 0. The summed E-state index contributed by atoms with van der Waals surface area (Å²) in [6.07, 6.45) is -5.63. The van der Waals surface area contributed by atoms with E-state index < -0.39 is 42.6 Å². The van der Waals surface area contributed by atoms with Gasteiger partial charge in [0.2, 0.25) is 0 Å². The van der Waals surface area contributed by atoms with E-state index in [9.17, 15) is 25.2 Å². The van der Waals surface area contributed by atoms with Crippen molar-refractivity contribution < 1.29 is 29.6 Å². The van der Waals surface area contributed by atoms with E-state index in [1.807, 2.05) is 0 Å². The van der Waals surface area contributed by atoms with Crippen LogP contribution >= 0.6 is 0 Å². The van der Waals surface area contributed by atoms with Crippen LogP contribution in [0.1, 0.15) is 11.7 Å². The van der Waals surface area contributed by atoms with Crippen LogP contribution in [-0.4, -0.2) is 51.4 Å². The highest BCUT2D eigenvalue weighted by molar-refractivity contribution is 5.76. The molecule has 0 amide bonds. The number of benzene rings is 1. The van der Waals surface area contributed by atoms with Crippen LogP contribution in [0.2, 0.25) is 0 Å². The minimum atomic E-state index is -1.54. The molecule has 118 valence electrons. The second-order valence-corrected chi connectivity index (χ2v) is 5.27. The average molecular weight is 308 g/mol. The van der Waals surface area contributed by atoms with Crippen molar-refractivity contribution in [2.24, 2.45) is 0 Å². The first-order valence-electron chi connectivity index (χ1n) is 6.85. The summed E-state index contributed by atoms with van der Waals surface area (Å²) in [5.74, 6) is 0. The summed E-state index contributed by atoms with van der Waals surface area (Å²) in [6.45, 7) is -0.555. The van der Waals surface area contributed by atoms with Gasteiger partial charge in [-0.25, -0.2) is 0 Å². The molecule has 7 heteroatoms. The highest BCUT2D eigenvalue weighted by Gasteiger charge is 2.45. The van der Waals surface area contributed by atoms with Gasteiger partial charge in [-0.15, -0.1) is 0 Å². The molecule has 0 saturated carbocycles. The van der Waals surface area contributed by atoms with Gasteiger partial charge in [0.1, 0.15) is 42.4 Å². The average Bonchev–Trinajstić information content (AvgIpc) is 2.54. The Morgan fingerprint density at radius 1 is 1.05 bits per heavy atom. The molecule has 0 spiro atoms. The van der Waals surface area contributed by atoms with Crippen LogP contribution in [0.15, 0.2) is 39.7 Å². The molecule has 0 unspecified atom stereocenters. The molecule has 0 aliphatic carbocycles. The van der Waals surface area contributed by atoms with Crippen molar-refractivity contribution in [3.05, 3.63) is 46.3 Å². The zero-order chi connectivity index (χ0) is 15.9. The standard InChI is InChI=1S/C15H16O7/c16-5-10-12(18)13(19)14(20)15(22-10)8-6-21-9-4-2-1-3-7(9)11(8)17/h1-4,6,10,12-16,18-20H,5H2/t10-,12-,13+,14-,15+/m1/s1. The molecule has 0 radical (unpaired) electrons. The predicted molar refractivity (Wildman–Crippen MR) is 75.2 cm³/mol. The monoisotopic (exact) mass is 308 g/mol. The quantitative estimate of drug-likeness (QED) is 0.579. The molecule has 1 aromatic heterocycles. The molecule has 22 heavy (non-hydrogen) atoms. The van der Waals surface area contributed by atoms with Crippen LogP contribution < -0.4 is 5.43 Å². The Kier molecular flexibility index (Phi) is 3.98. The van der Waals surface area contributed by atoms with Crippen molar-refractivity contribution in [1.82, 2.24) is 0 Å². The largest absolute Gasteiger partial charge is 0.464 e. The van der Waals surface area contributed by atoms with Crippen LogP contribution in [0, 0.1) is 0 Å². The van der Waals surface area contributed by atoms with Gasteiger partial charge >= 0.3 is 0 Å². The van der Waals surface area contributed by atoms with Gasteiger partial charge in [0.05, 0.1) is 17.6 Å². The zero-order valence-corrected chi connectivity index (χ0v) is 11.5. The highest BCUT2D eigenvalue weighted by Crippen LogP contribution is 2.31. The topological polar surface area (TPSA) is 120 Å². The van der Waals surface area contributed by atoms with Crippen LogP contribution in [0.3, 0.4) is 0 Å². The number of para-hydroxylation sites is 1. The molecule has 5 atom stereocenters. The van der Waals surface area contributed by atoms with Crippen molar-refractivity contribution >= 4 is 11.0 Å². The molecule has 4 N–H and O–H groups in total. The molecular weight excluding hydrogens is 292 g/mol. The second kappa shape index (κ2) is 5.79. The van der Waals surface area contributed by atoms with Crippen molar-refractivity contribution in [3.63, 3.8) is 0 Å². The van der Waals surface area contributed by atoms with Crippen LogP contribution in [0.25, 0.3) is 11.0 Å². The lowest BCUT2D eigenvalue weighted by Gasteiger charge is -2.39. The SMILES string of the molecule is O=c1c([C@@H]2O[C@H](CO)[C@@H](O)[C@H](O)[C@H]2O)coc2ccccc12. The zero-order valence-electron chi connectivity index (χ0n) is 11.5. The highest BCUT2D eigenvalue weighted by atomic mass is 16.5. The van der Waals surface area contributed by atoms with Gasteiger partial charge < -0.3 is 29.6 Å². The minimum Gasteiger partial charge on any atom is -0.464 e. The number of hydrogen-bond acceptors (Lipinski definition) is 7. The molecule has 2 heterocycles. The van der Waals surface area contributed by atoms with E-state index >= 15 is 0 Å². The third kappa shape index (κ3) is 2.33. The Hall–Kier alpha value is -1.77. The Balaban J connectivity index is 2.06. The van der Waals surface area contributed by atoms with Crippen LogP contribution in [-0.2, 0) is 4.74 Å². The Morgan fingerprint density at radius 2 is 1.77 bits per heavy atom. The van der Waals surface area contributed by atoms with E-state index in [0.29, 0.717) is 11.0 Å². The number of aliphatic hydroxyl groups is 4. The first-order chi connectivity index (χ1) is 10.5. The summed E-state index contributed by atoms with van der Waals surface area (Å²) < 4.78 is 10.7. The lowest BCUT2D eigenvalue weighted by molar-refractivity contribution is -0.232. The van der Waals surface area contributed by atoms with E-state index in [1.54, 1.807) is 24.3 Å². The Bertz CT molecular complexity index is 723. The Labute approximate surface area is 125 Å². The lowest BCUT2D eigenvalue weighted by atomic mass is 9.91. The van der Waals surface area contributed by atoms with Gasteiger partial charge in [-0.3, -0.25) is 4.79 Å². The molecular formula is C15H16O7. The minimum absolute atomic E-state index is 0.0237. The lowest BCUT2D eigenvalue weighted by Crippen LogP contribution is -2.55. The van der Waals surface area contributed by atoms with Crippen molar-refractivity contribution in [3.8, 4) is 0 Å². The molecule has 0 bridgehead atoms. The normalized spacial score (nSPS) is 32.3. The molecule has 3 rings (SSSR count). The predicted octanol–water partition coefficient (Wildman–Crippen LogP) is -0.692. The first-order valence-corrected chi connectivity index (χ1v) is 6.85. The summed E-state index contributed by atoms with van der Waals surface area (Å²) >= 11 is 0. The molecule has 1 aliphatic heterocycles. The summed E-state index contributed by atoms with van der Waals surface area (Å²) in [4.78, 5) is 12.5. The first kappa shape index (κ1) is 15.1.